The molecule has 1 fully saturated rings. The van der Waals surface area contributed by atoms with Gasteiger partial charge in [-0.15, -0.1) is 0 Å². The van der Waals surface area contributed by atoms with Gasteiger partial charge < -0.3 is 15.2 Å². The van der Waals surface area contributed by atoms with Crippen molar-refractivity contribution in [2.75, 3.05) is 13.2 Å². The van der Waals surface area contributed by atoms with Crippen LogP contribution in [-0.2, 0) is 4.74 Å². The Labute approximate surface area is 107 Å². The van der Waals surface area contributed by atoms with Crippen molar-refractivity contribution in [1.29, 1.82) is 0 Å². The Hall–Kier alpha value is -1.13. The predicted octanol–water partition coefficient (Wildman–Crippen LogP) is 2.27. The van der Waals surface area contributed by atoms with Gasteiger partial charge in [0.05, 0.1) is 6.10 Å². The van der Waals surface area contributed by atoms with Crippen molar-refractivity contribution >= 4 is 17.2 Å². The van der Waals surface area contributed by atoms with Crippen LogP contribution in [0, 0.1) is 0 Å². The summed E-state index contributed by atoms with van der Waals surface area (Å²) in [6.45, 7) is 1.47. The first-order valence-corrected chi connectivity index (χ1v) is 6.31. The van der Waals surface area contributed by atoms with Crippen LogP contribution in [0.3, 0.4) is 0 Å². The van der Waals surface area contributed by atoms with E-state index in [-0.39, 0.29) is 6.10 Å². The highest BCUT2D eigenvalue weighted by molar-refractivity contribution is 7.80. The summed E-state index contributed by atoms with van der Waals surface area (Å²) >= 11 is 4.89. The van der Waals surface area contributed by atoms with Crippen LogP contribution >= 0.6 is 12.2 Å². The van der Waals surface area contributed by atoms with Gasteiger partial charge in [-0.2, -0.15) is 0 Å². The first kappa shape index (κ1) is 12.3. The maximum absolute atomic E-state index is 5.67. The molecule has 2 rings (SSSR count). The molecule has 1 aromatic carbocycles. The maximum atomic E-state index is 5.67. The minimum atomic E-state index is 0.235. The molecule has 0 bridgehead atoms. The van der Waals surface area contributed by atoms with Crippen LogP contribution in [0.4, 0.5) is 0 Å². The van der Waals surface area contributed by atoms with Gasteiger partial charge in [0.15, 0.2) is 0 Å². The van der Waals surface area contributed by atoms with Crippen molar-refractivity contribution in [3.8, 4) is 5.75 Å². The average molecular weight is 251 g/mol. The van der Waals surface area contributed by atoms with Crippen molar-refractivity contribution in [1.82, 2.24) is 0 Å². The molecule has 0 radical (unpaired) electrons. The highest BCUT2D eigenvalue weighted by Crippen LogP contribution is 2.16. The van der Waals surface area contributed by atoms with Crippen LogP contribution in [0.15, 0.2) is 24.3 Å². The first-order valence-electron chi connectivity index (χ1n) is 5.90. The third-order valence-corrected chi connectivity index (χ3v) is 3.08. The van der Waals surface area contributed by atoms with E-state index in [4.69, 9.17) is 27.4 Å². The second kappa shape index (κ2) is 5.98. The molecule has 0 aliphatic carbocycles. The zero-order chi connectivity index (χ0) is 12.1. The number of hydrogen-bond donors (Lipinski definition) is 1. The Kier molecular flexibility index (Phi) is 4.34. The third-order valence-electron chi connectivity index (χ3n) is 2.85. The molecular weight excluding hydrogens is 234 g/mol. The van der Waals surface area contributed by atoms with Gasteiger partial charge in [-0.3, -0.25) is 0 Å². The molecule has 17 heavy (non-hydrogen) atoms. The van der Waals surface area contributed by atoms with Crippen LogP contribution in [0.25, 0.3) is 0 Å². The van der Waals surface area contributed by atoms with Gasteiger partial charge in [-0.1, -0.05) is 12.2 Å². The second-order valence-electron chi connectivity index (χ2n) is 4.19. The Morgan fingerprint density at radius 1 is 1.35 bits per heavy atom. The average Bonchev–Trinajstić information content (AvgIpc) is 2.38. The number of rotatable bonds is 4. The fourth-order valence-corrected chi connectivity index (χ4v) is 1.98. The van der Waals surface area contributed by atoms with E-state index in [1.54, 1.807) is 0 Å². The summed E-state index contributed by atoms with van der Waals surface area (Å²) in [6, 6.07) is 7.52. The molecule has 3 nitrogen and oxygen atoms in total. The molecule has 1 atom stereocenters. The quantitative estimate of drug-likeness (QED) is 0.834. The van der Waals surface area contributed by atoms with Gasteiger partial charge in [0, 0.05) is 12.2 Å². The summed E-state index contributed by atoms with van der Waals surface area (Å²) in [4.78, 5) is 0.409. The number of thiocarbonyl (C=S) groups is 1. The summed E-state index contributed by atoms with van der Waals surface area (Å²) in [5, 5.41) is 0. The van der Waals surface area contributed by atoms with E-state index in [0.717, 1.165) is 24.3 Å². The predicted molar refractivity (Wildman–Crippen MR) is 71.4 cm³/mol. The summed E-state index contributed by atoms with van der Waals surface area (Å²) in [7, 11) is 0. The molecule has 1 aromatic rings. The summed E-state index contributed by atoms with van der Waals surface area (Å²) < 4.78 is 11.3. The van der Waals surface area contributed by atoms with Crippen LogP contribution < -0.4 is 10.5 Å². The van der Waals surface area contributed by atoms with Crippen LogP contribution in [0.2, 0.25) is 0 Å². The SMILES string of the molecule is NC(=S)c1ccc(OCC2CCCCO2)cc1. The Bertz CT molecular complexity index is 372. The van der Waals surface area contributed by atoms with Crippen LogP contribution in [0.5, 0.6) is 5.75 Å². The van der Waals surface area contributed by atoms with E-state index < -0.39 is 0 Å². The van der Waals surface area contributed by atoms with Gasteiger partial charge in [-0.05, 0) is 43.5 Å². The lowest BCUT2D eigenvalue weighted by Crippen LogP contribution is -2.25. The molecule has 1 aliphatic rings. The van der Waals surface area contributed by atoms with Crippen molar-refractivity contribution in [2.45, 2.75) is 25.4 Å². The van der Waals surface area contributed by atoms with Crippen LogP contribution in [-0.4, -0.2) is 24.3 Å². The van der Waals surface area contributed by atoms with E-state index >= 15 is 0 Å². The molecule has 1 aliphatic heterocycles. The standard InChI is InChI=1S/C13H17NO2S/c14-13(17)10-4-6-11(7-5-10)16-9-12-3-1-2-8-15-12/h4-7,12H,1-3,8-9H2,(H2,14,17). The number of hydrogen-bond acceptors (Lipinski definition) is 3. The van der Waals surface area contributed by atoms with Crippen molar-refractivity contribution in [2.24, 2.45) is 5.73 Å². The maximum Gasteiger partial charge on any atom is 0.119 e. The highest BCUT2D eigenvalue weighted by Gasteiger charge is 2.14. The van der Waals surface area contributed by atoms with E-state index in [1.807, 2.05) is 24.3 Å². The number of benzene rings is 1. The van der Waals surface area contributed by atoms with Crippen LogP contribution in [0.1, 0.15) is 24.8 Å². The topological polar surface area (TPSA) is 44.5 Å². The molecule has 1 saturated heterocycles. The zero-order valence-corrected chi connectivity index (χ0v) is 10.5. The lowest BCUT2D eigenvalue weighted by Gasteiger charge is -2.22. The lowest BCUT2D eigenvalue weighted by atomic mass is 10.1. The molecule has 1 heterocycles. The van der Waals surface area contributed by atoms with E-state index in [1.165, 1.54) is 12.8 Å². The van der Waals surface area contributed by atoms with Gasteiger partial charge in [0.1, 0.15) is 17.3 Å². The minimum absolute atomic E-state index is 0.235. The summed E-state index contributed by atoms with van der Waals surface area (Å²) in [5.74, 6) is 0.833. The molecule has 92 valence electrons. The molecular formula is C13H17NO2S. The van der Waals surface area contributed by atoms with Gasteiger partial charge >= 0.3 is 0 Å². The third kappa shape index (κ3) is 3.68. The normalized spacial score (nSPS) is 19.9. The molecule has 0 saturated carbocycles. The summed E-state index contributed by atoms with van der Waals surface area (Å²) in [5.41, 5.74) is 6.39. The highest BCUT2D eigenvalue weighted by atomic mass is 32.1. The van der Waals surface area contributed by atoms with Gasteiger partial charge in [0.2, 0.25) is 0 Å². The lowest BCUT2D eigenvalue weighted by molar-refractivity contribution is -0.0110. The Morgan fingerprint density at radius 2 is 2.12 bits per heavy atom. The van der Waals surface area contributed by atoms with E-state index in [0.29, 0.717) is 11.6 Å². The molecule has 0 amide bonds. The van der Waals surface area contributed by atoms with E-state index in [9.17, 15) is 0 Å². The molecule has 0 spiro atoms. The van der Waals surface area contributed by atoms with E-state index in [2.05, 4.69) is 0 Å². The second-order valence-corrected chi connectivity index (χ2v) is 4.63. The number of ether oxygens (including phenoxy) is 2. The number of nitrogens with two attached hydrogens (primary N) is 1. The van der Waals surface area contributed by atoms with Crippen molar-refractivity contribution < 1.29 is 9.47 Å². The molecule has 4 heteroatoms. The Morgan fingerprint density at radius 3 is 2.71 bits per heavy atom. The van der Waals surface area contributed by atoms with Gasteiger partial charge in [0.25, 0.3) is 0 Å². The monoisotopic (exact) mass is 251 g/mol. The minimum Gasteiger partial charge on any atom is -0.491 e. The first-order chi connectivity index (χ1) is 8.25. The fourth-order valence-electron chi connectivity index (χ4n) is 1.84. The molecule has 1 unspecified atom stereocenters. The summed E-state index contributed by atoms with van der Waals surface area (Å²) in [6.07, 6.45) is 3.72. The Balaban J connectivity index is 1.84. The van der Waals surface area contributed by atoms with Crippen molar-refractivity contribution in [3.05, 3.63) is 29.8 Å². The largest absolute Gasteiger partial charge is 0.491 e. The molecule has 2 N–H and O–H groups in total. The zero-order valence-electron chi connectivity index (χ0n) is 9.72. The smallest absolute Gasteiger partial charge is 0.119 e. The molecule has 0 aromatic heterocycles. The van der Waals surface area contributed by atoms with Gasteiger partial charge in [-0.25, -0.2) is 0 Å². The van der Waals surface area contributed by atoms with Crippen molar-refractivity contribution in [3.63, 3.8) is 0 Å². The fraction of sp³-hybridized carbons (Fsp3) is 0.462.